The summed E-state index contributed by atoms with van der Waals surface area (Å²) in [7, 11) is 0. The van der Waals surface area contributed by atoms with Crippen LogP contribution in [0, 0.1) is 6.92 Å². The van der Waals surface area contributed by atoms with Gasteiger partial charge in [-0.3, -0.25) is 4.79 Å². The minimum atomic E-state index is -0.178. The van der Waals surface area contributed by atoms with E-state index in [2.05, 4.69) is 33.2 Å². The molecule has 16 heavy (non-hydrogen) atoms. The van der Waals surface area contributed by atoms with Crippen LogP contribution in [0.3, 0.4) is 0 Å². The van der Waals surface area contributed by atoms with Crippen LogP contribution in [0.25, 0.3) is 0 Å². The zero-order valence-electron chi connectivity index (χ0n) is 9.15. The van der Waals surface area contributed by atoms with Crippen molar-refractivity contribution < 1.29 is 0 Å². The number of anilines is 1. The molecular weight excluding hydrogens is 222 g/mol. The number of aromatic nitrogens is 2. The summed E-state index contributed by atoms with van der Waals surface area (Å²) in [6, 6.07) is 3.30. The topological polar surface area (TPSA) is 57.8 Å². The first kappa shape index (κ1) is 10.9. The van der Waals surface area contributed by atoms with Crippen molar-refractivity contribution in [1.29, 1.82) is 0 Å². The lowest BCUT2D eigenvalue weighted by Gasteiger charge is -2.13. The first-order valence-electron chi connectivity index (χ1n) is 5.02. The maximum atomic E-state index is 10.9. The van der Waals surface area contributed by atoms with Gasteiger partial charge in [-0.25, -0.2) is 5.10 Å². The lowest BCUT2D eigenvalue weighted by atomic mass is 10.2. The van der Waals surface area contributed by atoms with E-state index in [0.717, 1.165) is 11.4 Å². The second-order valence-corrected chi connectivity index (χ2v) is 4.42. The van der Waals surface area contributed by atoms with Crippen molar-refractivity contribution in [3.63, 3.8) is 0 Å². The third-order valence-corrected chi connectivity index (χ3v) is 3.23. The normalized spacial score (nSPS) is 12.4. The number of aryl methyl sites for hydroxylation is 1. The van der Waals surface area contributed by atoms with Gasteiger partial charge in [0.05, 0.1) is 11.7 Å². The van der Waals surface area contributed by atoms with Crippen LogP contribution < -0.4 is 10.9 Å². The molecule has 0 aliphatic heterocycles. The summed E-state index contributed by atoms with van der Waals surface area (Å²) in [5.41, 5.74) is 2.99. The molecule has 1 unspecified atom stereocenters. The number of aromatic amines is 1. The fourth-order valence-corrected chi connectivity index (χ4v) is 2.20. The Bertz CT molecular complexity index is 512. The van der Waals surface area contributed by atoms with E-state index in [9.17, 15) is 4.79 Å². The number of rotatable bonds is 3. The fraction of sp³-hybridized carbons (Fsp3) is 0.273. The van der Waals surface area contributed by atoms with Gasteiger partial charge in [0.25, 0.3) is 5.56 Å². The molecule has 0 aliphatic carbocycles. The van der Waals surface area contributed by atoms with Crippen molar-refractivity contribution in [2.45, 2.75) is 19.9 Å². The Labute approximate surface area is 97.3 Å². The zero-order chi connectivity index (χ0) is 11.5. The highest BCUT2D eigenvalue weighted by Crippen LogP contribution is 2.23. The van der Waals surface area contributed by atoms with Gasteiger partial charge in [0, 0.05) is 17.1 Å². The summed E-state index contributed by atoms with van der Waals surface area (Å²) in [5.74, 6) is 0. The van der Waals surface area contributed by atoms with Crippen molar-refractivity contribution in [1.82, 2.24) is 10.2 Å². The summed E-state index contributed by atoms with van der Waals surface area (Å²) in [5, 5.41) is 13.9. The zero-order valence-corrected chi connectivity index (χ0v) is 9.97. The standard InChI is InChI=1S/C11H13N3OS/c1-7-5-16-6-10(7)12-8(2)9-3-4-11(15)14-13-9/h3-6,8,12H,1-2H3,(H,14,15). The predicted molar refractivity (Wildman–Crippen MR) is 66.0 cm³/mol. The maximum Gasteiger partial charge on any atom is 0.264 e. The largest absolute Gasteiger partial charge is 0.376 e. The molecule has 2 heterocycles. The SMILES string of the molecule is Cc1cscc1NC(C)c1ccc(=O)[nH]n1. The number of hydrogen-bond donors (Lipinski definition) is 2. The molecule has 0 aliphatic rings. The van der Waals surface area contributed by atoms with E-state index < -0.39 is 0 Å². The quantitative estimate of drug-likeness (QED) is 0.858. The highest BCUT2D eigenvalue weighted by molar-refractivity contribution is 7.08. The first-order valence-corrected chi connectivity index (χ1v) is 5.96. The van der Waals surface area contributed by atoms with Crippen LogP contribution in [-0.4, -0.2) is 10.2 Å². The first-order chi connectivity index (χ1) is 7.66. The summed E-state index contributed by atoms with van der Waals surface area (Å²) < 4.78 is 0. The molecule has 2 aromatic rings. The molecule has 5 heteroatoms. The molecule has 2 aromatic heterocycles. The van der Waals surface area contributed by atoms with Crippen molar-refractivity contribution in [3.8, 4) is 0 Å². The molecule has 2 rings (SSSR count). The predicted octanol–water partition coefficient (Wildman–Crippen LogP) is 2.31. The van der Waals surface area contributed by atoms with Gasteiger partial charge in [-0.15, -0.1) is 11.3 Å². The van der Waals surface area contributed by atoms with Gasteiger partial charge in [0.2, 0.25) is 0 Å². The van der Waals surface area contributed by atoms with E-state index in [1.54, 1.807) is 17.4 Å². The molecule has 0 radical (unpaired) electrons. The Morgan fingerprint density at radius 1 is 1.44 bits per heavy atom. The van der Waals surface area contributed by atoms with Crippen LogP contribution in [0.15, 0.2) is 27.7 Å². The van der Waals surface area contributed by atoms with Crippen LogP contribution in [0.1, 0.15) is 24.2 Å². The molecule has 84 valence electrons. The van der Waals surface area contributed by atoms with E-state index in [1.807, 2.05) is 6.92 Å². The van der Waals surface area contributed by atoms with Crippen LogP contribution in [0.5, 0.6) is 0 Å². The number of thiophene rings is 1. The molecule has 1 atom stereocenters. The monoisotopic (exact) mass is 235 g/mol. The summed E-state index contributed by atoms with van der Waals surface area (Å²) in [6.07, 6.45) is 0. The van der Waals surface area contributed by atoms with Crippen molar-refractivity contribution in [2.75, 3.05) is 5.32 Å². The molecule has 0 bridgehead atoms. The van der Waals surface area contributed by atoms with Gasteiger partial charge in [-0.1, -0.05) is 0 Å². The number of nitrogens with zero attached hydrogens (tertiary/aromatic N) is 1. The lowest BCUT2D eigenvalue weighted by Crippen LogP contribution is -2.13. The Morgan fingerprint density at radius 3 is 2.81 bits per heavy atom. The number of hydrogen-bond acceptors (Lipinski definition) is 4. The molecule has 0 amide bonds. The fourth-order valence-electron chi connectivity index (χ4n) is 1.41. The van der Waals surface area contributed by atoms with Gasteiger partial charge in [0.1, 0.15) is 0 Å². The molecule has 0 spiro atoms. The van der Waals surface area contributed by atoms with Crippen LogP contribution in [0.2, 0.25) is 0 Å². The Kier molecular flexibility index (Phi) is 3.05. The minimum absolute atomic E-state index is 0.0742. The molecule has 4 nitrogen and oxygen atoms in total. The summed E-state index contributed by atoms with van der Waals surface area (Å²) in [6.45, 7) is 4.07. The Balaban J connectivity index is 2.14. The smallest absolute Gasteiger partial charge is 0.264 e. The molecule has 0 saturated carbocycles. The molecule has 2 N–H and O–H groups in total. The van der Waals surface area contributed by atoms with Gasteiger partial charge in [0.15, 0.2) is 0 Å². The highest BCUT2D eigenvalue weighted by atomic mass is 32.1. The second kappa shape index (κ2) is 4.49. The average molecular weight is 235 g/mol. The third kappa shape index (κ3) is 2.30. The van der Waals surface area contributed by atoms with Gasteiger partial charge >= 0.3 is 0 Å². The van der Waals surface area contributed by atoms with E-state index in [-0.39, 0.29) is 11.6 Å². The van der Waals surface area contributed by atoms with E-state index in [1.165, 1.54) is 11.6 Å². The molecule has 0 saturated heterocycles. The third-order valence-electron chi connectivity index (χ3n) is 2.37. The van der Waals surface area contributed by atoms with Gasteiger partial charge < -0.3 is 5.32 Å². The van der Waals surface area contributed by atoms with Crippen molar-refractivity contribution in [3.05, 3.63) is 44.5 Å². The molecular formula is C11H13N3OS. The Hall–Kier alpha value is -1.62. The molecule has 0 fully saturated rings. The molecule has 0 aromatic carbocycles. The van der Waals surface area contributed by atoms with E-state index >= 15 is 0 Å². The second-order valence-electron chi connectivity index (χ2n) is 3.68. The lowest BCUT2D eigenvalue weighted by molar-refractivity contribution is 0.789. The van der Waals surface area contributed by atoms with E-state index in [0.29, 0.717) is 0 Å². The minimum Gasteiger partial charge on any atom is -0.376 e. The highest BCUT2D eigenvalue weighted by Gasteiger charge is 2.08. The summed E-state index contributed by atoms with van der Waals surface area (Å²) in [4.78, 5) is 10.9. The van der Waals surface area contributed by atoms with Crippen LogP contribution >= 0.6 is 11.3 Å². The average Bonchev–Trinajstić information content (AvgIpc) is 2.65. The van der Waals surface area contributed by atoms with Crippen LogP contribution in [0.4, 0.5) is 5.69 Å². The van der Waals surface area contributed by atoms with Crippen molar-refractivity contribution in [2.24, 2.45) is 0 Å². The number of H-pyrrole nitrogens is 1. The summed E-state index contributed by atoms with van der Waals surface area (Å²) >= 11 is 1.67. The van der Waals surface area contributed by atoms with E-state index in [4.69, 9.17) is 0 Å². The van der Waals surface area contributed by atoms with Crippen LogP contribution in [-0.2, 0) is 0 Å². The van der Waals surface area contributed by atoms with Crippen molar-refractivity contribution >= 4 is 17.0 Å². The maximum absolute atomic E-state index is 10.9. The van der Waals surface area contributed by atoms with Gasteiger partial charge in [-0.2, -0.15) is 5.10 Å². The number of nitrogens with one attached hydrogen (secondary N) is 2. The van der Waals surface area contributed by atoms with Gasteiger partial charge in [-0.05, 0) is 30.9 Å². The Morgan fingerprint density at radius 2 is 2.25 bits per heavy atom.